The molecule has 0 unspecified atom stereocenters. The first-order chi connectivity index (χ1) is 8.66. The molecule has 22 heavy (non-hydrogen) atoms. The van der Waals surface area contributed by atoms with Crippen molar-refractivity contribution in [2.75, 3.05) is 0 Å². The van der Waals surface area contributed by atoms with Gasteiger partial charge in [-0.3, -0.25) is 0 Å². The van der Waals surface area contributed by atoms with Crippen molar-refractivity contribution in [3.63, 3.8) is 0 Å². The quantitative estimate of drug-likeness (QED) is 0.204. The Morgan fingerprint density at radius 1 is 0.364 bits per heavy atom. The van der Waals surface area contributed by atoms with Crippen molar-refractivity contribution in [2.24, 2.45) is 0 Å². The fraction of sp³-hybridized carbons (Fsp3) is 0. The number of hydrogen-bond donors (Lipinski definition) is 0. The molecule has 0 rings (SSSR count). The third-order valence-corrected chi connectivity index (χ3v) is 0. The van der Waals surface area contributed by atoms with Crippen LogP contribution in [0.15, 0.2) is 0 Å². The van der Waals surface area contributed by atoms with E-state index < -0.39 is 93.9 Å². The van der Waals surface area contributed by atoms with Gasteiger partial charge in [0.05, 0.1) is 0 Å². The van der Waals surface area contributed by atoms with E-state index >= 15 is 0 Å². The van der Waals surface area contributed by atoms with E-state index in [1.807, 2.05) is 0 Å². The summed E-state index contributed by atoms with van der Waals surface area (Å²) in [6.07, 6.45) is 0. The molecule has 22 heteroatoms. The number of hydrogen-bond acceptors (Lipinski definition) is 15. The van der Waals surface area contributed by atoms with Crippen LogP contribution in [0.25, 0.3) is 0 Å². The molecular formula is BiNb5NiO15. The molecule has 0 aliphatic heterocycles. The van der Waals surface area contributed by atoms with E-state index in [9.17, 15) is 0 Å². The molecule has 0 amide bonds. The summed E-state index contributed by atoms with van der Waals surface area (Å²) < 4.78 is 129. The normalized spacial score (nSPS) is 5.68. The van der Waals surface area contributed by atoms with Crippen molar-refractivity contribution in [1.29, 1.82) is 0 Å². The zero-order valence-electron chi connectivity index (χ0n) is 9.12. The second kappa shape index (κ2) is 39.1. The zero-order valence-corrected chi connectivity index (χ0v) is 24.6. The van der Waals surface area contributed by atoms with Gasteiger partial charge in [-0.1, -0.05) is 0 Å². The van der Waals surface area contributed by atoms with Crippen LogP contribution in [-0.4, -0.2) is 26.2 Å². The molecule has 0 aromatic rings. The van der Waals surface area contributed by atoms with Crippen molar-refractivity contribution in [1.82, 2.24) is 0 Å². The Morgan fingerprint density at radius 3 is 0.364 bits per heavy atom. The van der Waals surface area contributed by atoms with Crippen molar-refractivity contribution in [2.45, 2.75) is 0 Å². The fourth-order valence-electron chi connectivity index (χ4n) is 0. The summed E-state index contributed by atoms with van der Waals surface area (Å²) in [7, 11) is 0. The number of rotatable bonds is 0. The van der Waals surface area contributed by atoms with Gasteiger partial charge in [-0.05, 0) is 0 Å². The first kappa shape index (κ1) is 44.4. The van der Waals surface area contributed by atoms with Gasteiger partial charge in [0.1, 0.15) is 0 Å². The van der Waals surface area contributed by atoms with Gasteiger partial charge in [0.25, 0.3) is 0 Å². The van der Waals surface area contributed by atoms with Crippen LogP contribution in [0.4, 0.5) is 0 Å². The van der Waals surface area contributed by atoms with Crippen LogP contribution in [0, 0.1) is 0 Å². The van der Waals surface area contributed by atoms with Crippen LogP contribution in [-0.2, 0) is 143 Å². The molecule has 0 aromatic carbocycles. The maximum atomic E-state index is 8.60. The fourth-order valence-corrected chi connectivity index (χ4v) is 0. The van der Waals surface area contributed by atoms with Gasteiger partial charge in [0.15, 0.2) is 0 Å². The SMILES string of the molecule is [Bi+3].[Ni+2].[O]=[Nb](=[O])[O-].[O]=[Nb](=[O])[O-].[O]=[Nb](=[O])[O-].[O]=[Nb](=[O])[O-].[O]=[Nb](=[O])[O-]. The topological polar surface area (TPSA) is 286 Å². The average molecular weight is 972 g/mol. The molecule has 0 aromatic heterocycles. The third kappa shape index (κ3) is 1320. The first-order valence-corrected chi connectivity index (χ1v) is 16.2. The summed E-state index contributed by atoms with van der Waals surface area (Å²) in [6.45, 7) is 0. The van der Waals surface area contributed by atoms with Crippen LogP contribution in [0.5, 0.6) is 0 Å². The van der Waals surface area contributed by atoms with Crippen LogP contribution in [0.2, 0.25) is 0 Å². The Balaban J connectivity index is -0.0000000250. The van der Waals surface area contributed by atoms with Gasteiger partial charge < -0.3 is 0 Å². The molecular weight excluding hydrogens is 972 g/mol. The van der Waals surface area contributed by atoms with Crippen molar-refractivity contribution in [3.8, 4) is 0 Å². The minimum absolute atomic E-state index is 0. The molecule has 0 N–H and O–H groups in total. The van der Waals surface area contributed by atoms with Gasteiger partial charge >= 0.3 is 187 Å². The van der Waals surface area contributed by atoms with Gasteiger partial charge in [-0.25, -0.2) is 0 Å². The van der Waals surface area contributed by atoms with E-state index in [0.717, 1.165) is 0 Å². The average Bonchev–Trinajstić information content (AvgIpc) is 1.94. The van der Waals surface area contributed by atoms with Crippen molar-refractivity contribution < 1.29 is 161 Å². The molecule has 0 fully saturated rings. The van der Waals surface area contributed by atoms with Crippen molar-refractivity contribution in [3.05, 3.63) is 0 Å². The summed E-state index contributed by atoms with van der Waals surface area (Å²) >= 11 is -21.0. The molecule has 130 valence electrons. The summed E-state index contributed by atoms with van der Waals surface area (Å²) in [5.74, 6) is 0. The van der Waals surface area contributed by atoms with Crippen LogP contribution in [0.1, 0.15) is 0 Å². The molecule has 15 nitrogen and oxygen atoms in total. The first-order valence-electron chi connectivity index (χ1n) is 2.74. The van der Waals surface area contributed by atoms with Gasteiger partial charge in [-0.15, -0.1) is 0 Å². The molecule has 0 spiro atoms. The Kier molecular flexibility index (Phi) is 78.9. The van der Waals surface area contributed by atoms with E-state index in [0.29, 0.717) is 0 Å². The molecule has 0 bridgehead atoms. The summed E-state index contributed by atoms with van der Waals surface area (Å²) in [4.78, 5) is 0. The van der Waals surface area contributed by atoms with Crippen molar-refractivity contribution >= 4 is 26.2 Å². The Bertz CT molecular complexity index is 386. The molecule has 0 atom stereocenters. The standard InChI is InChI=1S/Bi.5Nb.Ni.15O/q+3;;;;;;+2;;;;;;;;;;;5*-1. The molecule has 0 aliphatic rings. The summed E-state index contributed by atoms with van der Waals surface area (Å²) in [5.41, 5.74) is 0. The minimum atomic E-state index is -4.20. The predicted octanol–water partition coefficient (Wildman–Crippen LogP) is -7.53. The summed E-state index contributed by atoms with van der Waals surface area (Å²) in [6, 6.07) is 0. The predicted molar refractivity (Wildman–Crippen MR) is 12.6 cm³/mol. The van der Waals surface area contributed by atoms with E-state index in [-0.39, 0.29) is 42.7 Å². The molecule has 0 heterocycles. The zero-order chi connectivity index (χ0) is 17.9. The molecule has 0 aliphatic carbocycles. The second-order valence-corrected chi connectivity index (χ2v) is 6.61. The van der Waals surface area contributed by atoms with E-state index in [4.69, 9.17) is 50.6 Å². The van der Waals surface area contributed by atoms with E-state index in [1.165, 1.54) is 0 Å². The van der Waals surface area contributed by atoms with Crippen LogP contribution in [0.3, 0.4) is 0 Å². The van der Waals surface area contributed by atoms with Crippen LogP contribution >= 0.6 is 0 Å². The monoisotopic (exact) mass is 971 g/mol. The molecule has 0 saturated heterocycles. The van der Waals surface area contributed by atoms with Crippen LogP contribution < -0.4 is 18.1 Å². The Hall–Kier alpha value is 2.88. The second-order valence-electron chi connectivity index (χ2n) is 1.12. The molecule has 0 saturated carbocycles. The van der Waals surface area contributed by atoms with E-state index in [2.05, 4.69) is 0 Å². The Morgan fingerprint density at radius 2 is 0.364 bits per heavy atom. The maximum absolute atomic E-state index is 8.60. The van der Waals surface area contributed by atoms with Gasteiger partial charge in [0, 0.05) is 0 Å². The summed E-state index contributed by atoms with van der Waals surface area (Å²) in [5, 5.41) is 0. The Labute approximate surface area is 184 Å². The molecule has 2 radical (unpaired) electrons. The van der Waals surface area contributed by atoms with Gasteiger partial charge in [0.2, 0.25) is 0 Å². The van der Waals surface area contributed by atoms with E-state index in [1.54, 1.807) is 0 Å². The third-order valence-electron chi connectivity index (χ3n) is 0. The van der Waals surface area contributed by atoms with Gasteiger partial charge in [-0.2, -0.15) is 0 Å².